The van der Waals surface area contributed by atoms with Gasteiger partial charge in [-0.1, -0.05) is 6.07 Å². The molecule has 18 heavy (non-hydrogen) atoms. The third-order valence-corrected chi connectivity index (χ3v) is 2.53. The van der Waals surface area contributed by atoms with Gasteiger partial charge in [-0.3, -0.25) is 0 Å². The van der Waals surface area contributed by atoms with Crippen molar-refractivity contribution in [2.24, 2.45) is 0 Å². The van der Waals surface area contributed by atoms with Crippen molar-refractivity contribution in [1.82, 2.24) is 5.32 Å². The van der Waals surface area contributed by atoms with Crippen molar-refractivity contribution in [3.8, 4) is 5.75 Å². The van der Waals surface area contributed by atoms with Crippen LogP contribution in [0.3, 0.4) is 0 Å². The van der Waals surface area contributed by atoms with E-state index in [2.05, 4.69) is 5.32 Å². The van der Waals surface area contributed by atoms with Gasteiger partial charge in [0.05, 0.1) is 0 Å². The topological polar surface area (TPSA) is 30.5 Å². The van der Waals surface area contributed by atoms with E-state index in [4.69, 9.17) is 9.47 Å². The van der Waals surface area contributed by atoms with E-state index in [1.807, 2.05) is 13.8 Å². The van der Waals surface area contributed by atoms with Gasteiger partial charge in [0, 0.05) is 25.8 Å². The second-order valence-corrected chi connectivity index (χ2v) is 4.06. The molecule has 0 aliphatic rings. The summed E-state index contributed by atoms with van der Waals surface area (Å²) in [5.74, 6) is 0.353. The Balaban J connectivity index is 2.09. The normalized spacial score (nSPS) is 10.6. The van der Waals surface area contributed by atoms with Crippen LogP contribution in [0.2, 0.25) is 0 Å². The predicted octanol–water partition coefficient (Wildman–Crippen LogP) is 2.53. The second-order valence-electron chi connectivity index (χ2n) is 4.06. The maximum atomic E-state index is 13.0. The number of nitrogens with one attached hydrogen (secondary N) is 1. The summed E-state index contributed by atoms with van der Waals surface area (Å²) in [6, 6.07) is 4.58. The van der Waals surface area contributed by atoms with Gasteiger partial charge >= 0.3 is 0 Å². The quantitative estimate of drug-likeness (QED) is 0.688. The monoisotopic (exact) mass is 255 g/mol. The van der Waals surface area contributed by atoms with Gasteiger partial charge in [-0.15, -0.1) is 0 Å². The molecule has 0 heterocycles. The van der Waals surface area contributed by atoms with Crippen molar-refractivity contribution in [2.45, 2.75) is 20.3 Å². The van der Waals surface area contributed by atoms with Crippen molar-refractivity contribution < 1.29 is 13.9 Å². The first kappa shape index (κ1) is 14.9. The van der Waals surface area contributed by atoms with Crippen LogP contribution in [0, 0.1) is 12.7 Å². The molecule has 3 nitrogen and oxygen atoms in total. The fourth-order valence-electron chi connectivity index (χ4n) is 1.53. The Morgan fingerprint density at radius 2 is 2.06 bits per heavy atom. The summed E-state index contributed by atoms with van der Waals surface area (Å²) in [5, 5.41) is 3.25. The summed E-state index contributed by atoms with van der Waals surface area (Å²) in [6.45, 7) is 7.65. The Morgan fingerprint density at radius 3 is 2.83 bits per heavy atom. The fourth-order valence-corrected chi connectivity index (χ4v) is 1.53. The van der Waals surface area contributed by atoms with Crippen molar-refractivity contribution in [3.05, 3.63) is 29.6 Å². The number of hydrogen-bond acceptors (Lipinski definition) is 3. The summed E-state index contributed by atoms with van der Waals surface area (Å²) < 4.78 is 23.7. The smallest absolute Gasteiger partial charge is 0.126 e. The zero-order valence-corrected chi connectivity index (χ0v) is 11.2. The third-order valence-electron chi connectivity index (χ3n) is 2.53. The van der Waals surface area contributed by atoms with Crippen LogP contribution in [0.4, 0.5) is 4.39 Å². The van der Waals surface area contributed by atoms with E-state index in [0.29, 0.717) is 12.4 Å². The molecular formula is C14H22FNO2. The van der Waals surface area contributed by atoms with Crippen molar-refractivity contribution >= 4 is 0 Å². The van der Waals surface area contributed by atoms with Gasteiger partial charge in [0.15, 0.2) is 0 Å². The van der Waals surface area contributed by atoms with E-state index in [1.165, 1.54) is 12.1 Å². The molecule has 4 heteroatoms. The summed E-state index contributed by atoms with van der Waals surface area (Å²) >= 11 is 0. The van der Waals surface area contributed by atoms with Crippen LogP contribution in [0.5, 0.6) is 5.75 Å². The van der Waals surface area contributed by atoms with Gasteiger partial charge in [0.25, 0.3) is 0 Å². The van der Waals surface area contributed by atoms with Crippen LogP contribution in [0.15, 0.2) is 18.2 Å². The molecule has 0 bridgehead atoms. The molecule has 0 saturated carbocycles. The number of rotatable bonds is 9. The van der Waals surface area contributed by atoms with Crippen LogP contribution < -0.4 is 10.1 Å². The first-order valence-electron chi connectivity index (χ1n) is 6.41. The average molecular weight is 255 g/mol. The van der Waals surface area contributed by atoms with E-state index >= 15 is 0 Å². The largest absolute Gasteiger partial charge is 0.492 e. The van der Waals surface area contributed by atoms with E-state index in [0.717, 1.165) is 38.3 Å². The molecule has 0 amide bonds. The highest BCUT2D eigenvalue weighted by molar-refractivity contribution is 5.32. The molecule has 0 aliphatic heterocycles. The molecule has 0 aromatic heterocycles. The molecule has 1 aromatic carbocycles. The lowest BCUT2D eigenvalue weighted by molar-refractivity contribution is 0.144. The molecule has 0 atom stereocenters. The summed E-state index contributed by atoms with van der Waals surface area (Å²) in [4.78, 5) is 0. The SMILES string of the molecule is CCOCCCNCCOc1cc(F)ccc1C. The molecule has 0 spiro atoms. The Labute approximate surface area is 108 Å². The summed E-state index contributed by atoms with van der Waals surface area (Å²) in [6.07, 6.45) is 0.993. The highest BCUT2D eigenvalue weighted by atomic mass is 19.1. The number of aryl methyl sites for hydroxylation is 1. The second kappa shape index (κ2) is 8.89. The maximum Gasteiger partial charge on any atom is 0.126 e. The minimum absolute atomic E-state index is 0.264. The van der Waals surface area contributed by atoms with Crippen LogP contribution >= 0.6 is 0 Å². The standard InChI is InChI=1S/C14H22FNO2/c1-3-17-9-4-7-16-8-10-18-14-11-13(15)6-5-12(14)2/h5-6,11,16H,3-4,7-10H2,1-2H3. The van der Waals surface area contributed by atoms with Gasteiger partial charge < -0.3 is 14.8 Å². The average Bonchev–Trinajstić information content (AvgIpc) is 2.36. The van der Waals surface area contributed by atoms with Crippen molar-refractivity contribution in [1.29, 1.82) is 0 Å². The molecule has 1 aromatic rings. The zero-order valence-electron chi connectivity index (χ0n) is 11.2. The third kappa shape index (κ3) is 5.98. The van der Waals surface area contributed by atoms with E-state index in [9.17, 15) is 4.39 Å². The van der Waals surface area contributed by atoms with E-state index < -0.39 is 0 Å². The maximum absolute atomic E-state index is 13.0. The minimum Gasteiger partial charge on any atom is -0.492 e. The van der Waals surface area contributed by atoms with Gasteiger partial charge in [-0.25, -0.2) is 4.39 Å². The van der Waals surface area contributed by atoms with Crippen LogP contribution in [0.1, 0.15) is 18.9 Å². The number of ether oxygens (including phenoxy) is 2. The lowest BCUT2D eigenvalue weighted by atomic mass is 10.2. The number of benzene rings is 1. The summed E-state index contributed by atoms with van der Waals surface area (Å²) in [7, 11) is 0. The molecule has 0 unspecified atom stereocenters. The van der Waals surface area contributed by atoms with E-state index in [-0.39, 0.29) is 5.82 Å². The van der Waals surface area contributed by atoms with Crippen LogP contribution in [-0.2, 0) is 4.74 Å². The molecule has 0 radical (unpaired) electrons. The van der Waals surface area contributed by atoms with Gasteiger partial charge in [0.2, 0.25) is 0 Å². The van der Waals surface area contributed by atoms with Gasteiger partial charge in [-0.2, -0.15) is 0 Å². The highest BCUT2D eigenvalue weighted by Gasteiger charge is 2.00. The Bertz CT molecular complexity index is 345. The molecule has 0 fully saturated rings. The van der Waals surface area contributed by atoms with Crippen molar-refractivity contribution in [3.63, 3.8) is 0 Å². The Kier molecular flexibility index (Phi) is 7.37. The van der Waals surface area contributed by atoms with Crippen LogP contribution in [-0.4, -0.2) is 32.9 Å². The summed E-state index contributed by atoms with van der Waals surface area (Å²) in [5.41, 5.74) is 0.952. The first-order chi connectivity index (χ1) is 8.74. The Morgan fingerprint density at radius 1 is 1.22 bits per heavy atom. The molecule has 1 N–H and O–H groups in total. The van der Waals surface area contributed by atoms with Crippen molar-refractivity contribution in [2.75, 3.05) is 32.9 Å². The lowest BCUT2D eigenvalue weighted by Gasteiger charge is -2.10. The fraction of sp³-hybridized carbons (Fsp3) is 0.571. The van der Waals surface area contributed by atoms with E-state index in [1.54, 1.807) is 6.07 Å². The molecular weight excluding hydrogens is 233 g/mol. The highest BCUT2D eigenvalue weighted by Crippen LogP contribution is 2.18. The number of hydrogen-bond donors (Lipinski definition) is 1. The lowest BCUT2D eigenvalue weighted by Crippen LogP contribution is -2.23. The molecule has 1 rings (SSSR count). The molecule has 0 aliphatic carbocycles. The first-order valence-corrected chi connectivity index (χ1v) is 6.41. The zero-order chi connectivity index (χ0) is 13.2. The van der Waals surface area contributed by atoms with Gasteiger partial charge in [0.1, 0.15) is 18.2 Å². The minimum atomic E-state index is -0.264. The molecule has 102 valence electrons. The predicted molar refractivity (Wildman–Crippen MR) is 70.6 cm³/mol. The Hall–Kier alpha value is -1.13. The molecule has 0 saturated heterocycles. The van der Waals surface area contributed by atoms with Crippen LogP contribution in [0.25, 0.3) is 0 Å². The van der Waals surface area contributed by atoms with Gasteiger partial charge in [-0.05, 0) is 38.4 Å². The number of halogens is 1.